The number of pyridine rings is 1. The third-order valence-electron chi connectivity index (χ3n) is 4.33. The van der Waals surface area contributed by atoms with Gasteiger partial charge >= 0.3 is 0 Å². The lowest BCUT2D eigenvalue weighted by Crippen LogP contribution is -2.25. The van der Waals surface area contributed by atoms with Gasteiger partial charge in [0, 0.05) is 10.7 Å². The summed E-state index contributed by atoms with van der Waals surface area (Å²) in [7, 11) is 0. The van der Waals surface area contributed by atoms with Crippen LogP contribution in [0, 0.1) is 0 Å². The van der Waals surface area contributed by atoms with Gasteiger partial charge in [-0.05, 0) is 52.3 Å². The maximum atomic E-state index is 12.8. The average molecular weight is 450 g/mol. The number of para-hydroxylation sites is 1. The van der Waals surface area contributed by atoms with Crippen molar-refractivity contribution in [2.45, 2.75) is 6.54 Å². The van der Waals surface area contributed by atoms with Gasteiger partial charge in [0.15, 0.2) is 11.5 Å². The Labute approximate surface area is 174 Å². The molecular weight excluding hydrogens is 434 g/mol. The second kappa shape index (κ2) is 8.24. The minimum atomic E-state index is -0.319. The summed E-state index contributed by atoms with van der Waals surface area (Å²) in [5.41, 5.74) is 1.98. The predicted octanol–water partition coefficient (Wildman–Crippen LogP) is 3.67. The van der Waals surface area contributed by atoms with Crippen LogP contribution in [-0.2, 0) is 6.54 Å². The van der Waals surface area contributed by atoms with E-state index in [1.807, 2.05) is 30.5 Å². The fraction of sp³-hybridized carbons (Fsp3) is 0.0476. The first-order valence-electron chi connectivity index (χ1n) is 8.85. The molecule has 7 nitrogen and oxygen atoms in total. The van der Waals surface area contributed by atoms with E-state index in [0.717, 1.165) is 0 Å². The highest BCUT2D eigenvalue weighted by atomic mass is 79.9. The first-order chi connectivity index (χ1) is 14.1. The molecule has 2 aromatic heterocycles. The summed E-state index contributed by atoms with van der Waals surface area (Å²) >= 11 is 3.37. The molecule has 2 aromatic carbocycles. The van der Waals surface area contributed by atoms with E-state index < -0.39 is 0 Å². The number of nitrogens with zero attached hydrogens (tertiary/aromatic N) is 3. The van der Waals surface area contributed by atoms with E-state index in [9.17, 15) is 9.59 Å². The highest BCUT2D eigenvalue weighted by Crippen LogP contribution is 2.20. The van der Waals surface area contributed by atoms with E-state index >= 15 is 0 Å². The van der Waals surface area contributed by atoms with E-state index in [2.05, 4.69) is 36.8 Å². The smallest absolute Gasteiger partial charge is 0.256 e. The van der Waals surface area contributed by atoms with E-state index in [0.29, 0.717) is 32.8 Å². The Hall–Kier alpha value is -3.52. The predicted molar refractivity (Wildman–Crippen MR) is 113 cm³/mol. The number of hydrogen-bond donors (Lipinski definition) is 2. The van der Waals surface area contributed by atoms with Crippen LogP contribution in [0.1, 0.15) is 26.5 Å². The van der Waals surface area contributed by atoms with Crippen molar-refractivity contribution in [2.75, 3.05) is 5.32 Å². The minimum Gasteiger partial charge on any atom is -0.345 e. The molecule has 4 rings (SSSR count). The summed E-state index contributed by atoms with van der Waals surface area (Å²) in [4.78, 5) is 25.4. The van der Waals surface area contributed by atoms with Gasteiger partial charge in [-0.15, -0.1) is 10.2 Å². The van der Waals surface area contributed by atoms with Gasteiger partial charge in [0.25, 0.3) is 11.8 Å². The number of amides is 2. The fourth-order valence-corrected chi connectivity index (χ4v) is 3.36. The summed E-state index contributed by atoms with van der Waals surface area (Å²) in [6, 6.07) is 19.5. The maximum absolute atomic E-state index is 12.8. The Morgan fingerprint density at radius 2 is 1.59 bits per heavy atom. The molecule has 0 bridgehead atoms. The van der Waals surface area contributed by atoms with Crippen LogP contribution in [0.3, 0.4) is 0 Å². The molecule has 2 N–H and O–H groups in total. The van der Waals surface area contributed by atoms with Crippen molar-refractivity contribution < 1.29 is 9.59 Å². The zero-order valence-electron chi connectivity index (χ0n) is 15.2. The van der Waals surface area contributed by atoms with Crippen LogP contribution in [0.25, 0.3) is 5.65 Å². The Bertz CT molecular complexity index is 1200. The third kappa shape index (κ3) is 4.02. The molecule has 144 valence electrons. The van der Waals surface area contributed by atoms with Crippen molar-refractivity contribution in [3.05, 3.63) is 94.4 Å². The van der Waals surface area contributed by atoms with Crippen molar-refractivity contribution in [1.29, 1.82) is 0 Å². The Morgan fingerprint density at radius 3 is 2.41 bits per heavy atom. The monoisotopic (exact) mass is 449 g/mol. The lowest BCUT2D eigenvalue weighted by molar-refractivity contribution is 0.0950. The maximum Gasteiger partial charge on any atom is 0.256 e. The summed E-state index contributed by atoms with van der Waals surface area (Å²) in [5, 5.41) is 13.8. The summed E-state index contributed by atoms with van der Waals surface area (Å²) in [6.45, 7) is 0.205. The molecule has 0 saturated carbocycles. The summed E-state index contributed by atoms with van der Waals surface area (Å²) in [6.07, 6.45) is 1.84. The van der Waals surface area contributed by atoms with Gasteiger partial charge in [-0.25, -0.2) is 0 Å². The van der Waals surface area contributed by atoms with Crippen LogP contribution in [0.15, 0.2) is 77.4 Å². The molecule has 2 heterocycles. The first-order valence-corrected chi connectivity index (χ1v) is 9.64. The number of benzene rings is 2. The molecule has 0 spiro atoms. The molecule has 0 aliphatic carbocycles. The van der Waals surface area contributed by atoms with E-state index in [1.165, 1.54) is 0 Å². The second-order valence-corrected chi connectivity index (χ2v) is 7.06. The standard InChI is InChI=1S/C21H16BrN5O2/c22-16-9-3-1-7-14(16)21(29)24-17-10-4-2-8-15(17)20(28)23-13-19-26-25-18-11-5-6-12-27(18)19/h1-12H,13H2,(H,23,28)(H,24,29). The number of carbonyl (C=O) groups is 2. The Balaban J connectivity index is 1.51. The summed E-state index contributed by atoms with van der Waals surface area (Å²) in [5.74, 6) is -0.00873. The fourth-order valence-electron chi connectivity index (χ4n) is 2.89. The molecule has 0 aliphatic heterocycles. The van der Waals surface area contributed by atoms with Crippen molar-refractivity contribution in [1.82, 2.24) is 19.9 Å². The molecule has 29 heavy (non-hydrogen) atoms. The Kier molecular flexibility index (Phi) is 5.35. The van der Waals surface area contributed by atoms with Gasteiger partial charge < -0.3 is 10.6 Å². The van der Waals surface area contributed by atoms with Gasteiger partial charge in [0.2, 0.25) is 0 Å². The number of halogens is 1. The van der Waals surface area contributed by atoms with Gasteiger partial charge in [-0.2, -0.15) is 0 Å². The quantitative estimate of drug-likeness (QED) is 0.486. The van der Waals surface area contributed by atoms with Crippen molar-refractivity contribution in [2.24, 2.45) is 0 Å². The Morgan fingerprint density at radius 1 is 0.862 bits per heavy atom. The number of nitrogens with one attached hydrogen (secondary N) is 2. The van der Waals surface area contributed by atoms with Gasteiger partial charge in [0.05, 0.1) is 23.4 Å². The zero-order chi connectivity index (χ0) is 20.2. The minimum absolute atomic E-state index is 0.205. The van der Waals surface area contributed by atoms with Crippen LogP contribution in [-0.4, -0.2) is 26.4 Å². The van der Waals surface area contributed by atoms with E-state index in [1.54, 1.807) is 46.9 Å². The van der Waals surface area contributed by atoms with Crippen LogP contribution in [0.4, 0.5) is 5.69 Å². The zero-order valence-corrected chi connectivity index (χ0v) is 16.8. The van der Waals surface area contributed by atoms with Gasteiger partial charge in [-0.3, -0.25) is 14.0 Å². The lowest BCUT2D eigenvalue weighted by Gasteiger charge is -2.12. The number of aromatic nitrogens is 3. The van der Waals surface area contributed by atoms with Crippen LogP contribution >= 0.6 is 15.9 Å². The normalized spacial score (nSPS) is 10.7. The number of carbonyl (C=O) groups excluding carboxylic acids is 2. The average Bonchev–Trinajstić information content (AvgIpc) is 3.16. The molecule has 0 saturated heterocycles. The summed E-state index contributed by atoms with van der Waals surface area (Å²) < 4.78 is 2.49. The highest BCUT2D eigenvalue weighted by Gasteiger charge is 2.16. The van der Waals surface area contributed by atoms with Crippen molar-refractivity contribution >= 4 is 39.1 Å². The lowest BCUT2D eigenvalue weighted by atomic mass is 10.1. The molecular formula is C21H16BrN5O2. The molecule has 2 amide bonds. The van der Waals surface area contributed by atoms with Crippen LogP contribution in [0.2, 0.25) is 0 Å². The van der Waals surface area contributed by atoms with Crippen molar-refractivity contribution in [3.8, 4) is 0 Å². The topological polar surface area (TPSA) is 88.4 Å². The number of anilines is 1. The SMILES string of the molecule is O=C(Nc1ccccc1C(=O)NCc1nnc2ccccn12)c1ccccc1Br. The largest absolute Gasteiger partial charge is 0.345 e. The van der Waals surface area contributed by atoms with E-state index in [4.69, 9.17) is 0 Å². The number of rotatable bonds is 5. The van der Waals surface area contributed by atoms with Crippen LogP contribution < -0.4 is 10.6 Å². The highest BCUT2D eigenvalue weighted by molar-refractivity contribution is 9.10. The number of fused-ring (bicyclic) bond motifs is 1. The molecule has 0 aliphatic rings. The number of hydrogen-bond acceptors (Lipinski definition) is 4. The molecule has 0 atom stereocenters. The molecule has 8 heteroatoms. The van der Waals surface area contributed by atoms with E-state index in [-0.39, 0.29) is 18.4 Å². The van der Waals surface area contributed by atoms with Crippen molar-refractivity contribution in [3.63, 3.8) is 0 Å². The van der Waals surface area contributed by atoms with Crippen LogP contribution in [0.5, 0.6) is 0 Å². The second-order valence-electron chi connectivity index (χ2n) is 6.21. The first kappa shape index (κ1) is 18.8. The molecule has 4 aromatic rings. The third-order valence-corrected chi connectivity index (χ3v) is 5.02. The van der Waals surface area contributed by atoms with Gasteiger partial charge in [-0.1, -0.05) is 30.3 Å². The molecule has 0 radical (unpaired) electrons. The molecule has 0 unspecified atom stereocenters. The molecule has 0 fully saturated rings. The van der Waals surface area contributed by atoms with Gasteiger partial charge in [0.1, 0.15) is 0 Å².